The molecule has 92 valence electrons. The molecular formula is C11H10BrFO3Se. The fraction of sp³-hybridized carbons (Fsp3) is 0.273. The van der Waals surface area contributed by atoms with Crippen LogP contribution < -0.4 is 4.46 Å². The Bertz CT molecular complexity index is 437. The molecule has 0 spiro atoms. The van der Waals surface area contributed by atoms with E-state index >= 15 is 0 Å². The van der Waals surface area contributed by atoms with Gasteiger partial charge in [0.05, 0.1) is 0 Å². The molecule has 6 heteroatoms. The molecule has 0 aliphatic carbocycles. The average molecular weight is 368 g/mol. The van der Waals surface area contributed by atoms with E-state index in [1.54, 1.807) is 6.92 Å². The van der Waals surface area contributed by atoms with Gasteiger partial charge in [-0.05, 0) is 0 Å². The number of ether oxygens (including phenoxy) is 1. The van der Waals surface area contributed by atoms with Crippen LogP contribution in [0, 0.1) is 5.82 Å². The predicted octanol–water partition coefficient (Wildman–Crippen LogP) is 1.71. The Morgan fingerprint density at radius 2 is 2.29 bits per heavy atom. The van der Waals surface area contributed by atoms with Crippen molar-refractivity contribution in [2.75, 3.05) is 6.61 Å². The molecule has 0 saturated carbocycles. The number of carbonyl (C=O) groups excluding carboxylic acids is 2. The first-order chi connectivity index (χ1) is 8.10. The van der Waals surface area contributed by atoms with Gasteiger partial charge in [-0.25, -0.2) is 0 Å². The third kappa shape index (κ3) is 3.91. The van der Waals surface area contributed by atoms with Crippen LogP contribution >= 0.6 is 15.9 Å². The fourth-order valence-corrected chi connectivity index (χ4v) is 3.67. The van der Waals surface area contributed by atoms with E-state index in [0.717, 1.165) is 0 Å². The minimum atomic E-state index is -0.459. The third-order valence-electron chi connectivity index (χ3n) is 1.85. The Balaban J connectivity index is 2.86. The van der Waals surface area contributed by atoms with Gasteiger partial charge in [-0.1, -0.05) is 0 Å². The summed E-state index contributed by atoms with van der Waals surface area (Å²) in [5.41, 5.74) is 0.272. The van der Waals surface area contributed by atoms with E-state index in [1.807, 2.05) is 0 Å². The molecule has 0 heterocycles. The average Bonchev–Trinajstić information content (AvgIpc) is 2.30. The second-order valence-electron chi connectivity index (χ2n) is 2.98. The van der Waals surface area contributed by atoms with Crippen molar-refractivity contribution < 1.29 is 18.7 Å². The molecule has 0 aliphatic heterocycles. The molecule has 0 aliphatic rings. The van der Waals surface area contributed by atoms with Gasteiger partial charge in [0.1, 0.15) is 0 Å². The van der Waals surface area contributed by atoms with E-state index in [9.17, 15) is 14.0 Å². The standard InChI is InChI=1S/C11H10BrFO3Se/c1-2-16-10(15)6-17-11-7(5-14)8(12)3-4-9(11)13/h3-5H,2,6H2,1H3. The first kappa shape index (κ1) is 14.4. The quantitative estimate of drug-likeness (QED) is 0.452. The summed E-state index contributed by atoms with van der Waals surface area (Å²) in [6.07, 6.45) is 0.593. The number of benzene rings is 1. The van der Waals surface area contributed by atoms with E-state index in [4.69, 9.17) is 4.74 Å². The van der Waals surface area contributed by atoms with E-state index in [1.165, 1.54) is 12.1 Å². The number of hydrogen-bond donors (Lipinski definition) is 0. The van der Waals surface area contributed by atoms with E-state index in [0.29, 0.717) is 21.8 Å². The van der Waals surface area contributed by atoms with Crippen molar-refractivity contribution in [2.45, 2.75) is 12.2 Å². The number of halogens is 2. The van der Waals surface area contributed by atoms with Crippen molar-refractivity contribution in [3.63, 3.8) is 0 Å². The molecule has 1 rings (SSSR count). The maximum absolute atomic E-state index is 13.5. The number of hydrogen-bond acceptors (Lipinski definition) is 3. The molecular weight excluding hydrogens is 358 g/mol. The van der Waals surface area contributed by atoms with Gasteiger partial charge in [0.15, 0.2) is 0 Å². The van der Waals surface area contributed by atoms with E-state index < -0.39 is 20.8 Å². The normalized spacial score (nSPS) is 10.1. The zero-order valence-electron chi connectivity index (χ0n) is 9.04. The van der Waals surface area contributed by atoms with Crippen LogP contribution in [0.4, 0.5) is 4.39 Å². The van der Waals surface area contributed by atoms with Gasteiger partial charge in [0.25, 0.3) is 0 Å². The van der Waals surface area contributed by atoms with Crippen LogP contribution in [0.15, 0.2) is 16.6 Å². The first-order valence-corrected chi connectivity index (χ1v) is 7.67. The molecule has 0 saturated heterocycles. The molecule has 3 nitrogen and oxygen atoms in total. The SMILES string of the molecule is CCOC(=O)C[Se]c1c(F)ccc(Br)c1C=O. The Morgan fingerprint density at radius 3 is 2.88 bits per heavy atom. The van der Waals surface area contributed by atoms with Crippen molar-refractivity contribution >= 4 is 47.6 Å². The fourth-order valence-electron chi connectivity index (χ4n) is 1.14. The van der Waals surface area contributed by atoms with Crippen LogP contribution in [-0.2, 0) is 9.53 Å². The van der Waals surface area contributed by atoms with Crippen LogP contribution in [-0.4, -0.2) is 33.8 Å². The van der Waals surface area contributed by atoms with Crippen molar-refractivity contribution in [3.8, 4) is 0 Å². The summed E-state index contributed by atoms with van der Waals surface area (Å²) in [6, 6.07) is 2.75. The molecule has 1 aromatic rings. The van der Waals surface area contributed by atoms with Gasteiger partial charge >= 0.3 is 113 Å². The first-order valence-electron chi connectivity index (χ1n) is 4.81. The zero-order chi connectivity index (χ0) is 12.8. The van der Waals surface area contributed by atoms with Gasteiger partial charge < -0.3 is 0 Å². The monoisotopic (exact) mass is 368 g/mol. The summed E-state index contributed by atoms with van der Waals surface area (Å²) in [5.74, 6) is -0.830. The second-order valence-corrected chi connectivity index (χ2v) is 5.91. The van der Waals surface area contributed by atoms with Crippen LogP contribution in [0.1, 0.15) is 17.3 Å². The van der Waals surface area contributed by atoms with Crippen molar-refractivity contribution in [1.82, 2.24) is 0 Å². The van der Waals surface area contributed by atoms with Crippen LogP contribution in [0.25, 0.3) is 0 Å². The number of esters is 1. The predicted molar refractivity (Wildman–Crippen MR) is 66.3 cm³/mol. The summed E-state index contributed by atoms with van der Waals surface area (Å²) in [7, 11) is 0. The van der Waals surface area contributed by atoms with E-state index in [2.05, 4.69) is 15.9 Å². The zero-order valence-corrected chi connectivity index (χ0v) is 12.3. The molecule has 0 fully saturated rings. The van der Waals surface area contributed by atoms with Crippen LogP contribution in [0.2, 0.25) is 5.32 Å². The molecule has 0 aromatic heterocycles. The molecule has 1 aromatic carbocycles. The Kier molecular flexibility index (Phi) is 5.81. The topological polar surface area (TPSA) is 43.4 Å². The third-order valence-corrected chi connectivity index (χ3v) is 4.82. The number of carbonyl (C=O) groups is 2. The summed E-state index contributed by atoms with van der Waals surface area (Å²) in [6.45, 7) is 2.01. The molecule has 0 bridgehead atoms. The van der Waals surface area contributed by atoms with Crippen LogP contribution in [0.3, 0.4) is 0 Å². The summed E-state index contributed by atoms with van der Waals surface area (Å²) in [4.78, 5) is 22.1. The molecule has 0 radical (unpaired) electrons. The van der Waals surface area contributed by atoms with E-state index in [-0.39, 0.29) is 16.9 Å². The second kappa shape index (κ2) is 6.89. The number of rotatable bonds is 5. The summed E-state index contributed by atoms with van der Waals surface area (Å²) in [5, 5.41) is 0.120. The van der Waals surface area contributed by atoms with Gasteiger partial charge in [0, 0.05) is 0 Å². The Hall–Kier alpha value is -0.711. The summed E-state index contributed by atoms with van der Waals surface area (Å²) < 4.78 is 19.1. The Labute approximate surface area is 113 Å². The van der Waals surface area contributed by atoms with Gasteiger partial charge in [-0.15, -0.1) is 0 Å². The Morgan fingerprint density at radius 1 is 1.59 bits per heavy atom. The van der Waals surface area contributed by atoms with Gasteiger partial charge in [-0.3, -0.25) is 0 Å². The molecule has 0 amide bonds. The molecule has 0 atom stereocenters. The minimum absolute atomic E-state index is 0.120. The van der Waals surface area contributed by atoms with Crippen molar-refractivity contribution in [2.24, 2.45) is 0 Å². The molecule has 0 unspecified atom stereocenters. The van der Waals surface area contributed by atoms with Gasteiger partial charge in [0.2, 0.25) is 0 Å². The summed E-state index contributed by atoms with van der Waals surface area (Å²) >= 11 is 2.73. The van der Waals surface area contributed by atoms with Crippen molar-refractivity contribution in [3.05, 3.63) is 28.0 Å². The van der Waals surface area contributed by atoms with Crippen molar-refractivity contribution in [1.29, 1.82) is 0 Å². The molecule has 17 heavy (non-hydrogen) atoms. The van der Waals surface area contributed by atoms with Gasteiger partial charge in [-0.2, -0.15) is 0 Å². The maximum atomic E-state index is 13.5. The molecule has 0 N–H and O–H groups in total. The van der Waals surface area contributed by atoms with Crippen LogP contribution in [0.5, 0.6) is 0 Å². The number of aldehydes is 1.